The molecule has 0 aliphatic carbocycles. The summed E-state index contributed by atoms with van der Waals surface area (Å²) >= 11 is 0. The van der Waals surface area contributed by atoms with Crippen molar-refractivity contribution in [3.63, 3.8) is 0 Å². The van der Waals surface area contributed by atoms with Crippen molar-refractivity contribution in [2.45, 2.75) is 34.6 Å². The van der Waals surface area contributed by atoms with Gasteiger partial charge >= 0.3 is 0 Å². The van der Waals surface area contributed by atoms with Gasteiger partial charge in [0.2, 0.25) is 0 Å². The van der Waals surface area contributed by atoms with Gasteiger partial charge in [-0.3, -0.25) is 0 Å². The van der Waals surface area contributed by atoms with Gasteiger partial charge in [0.25, 0.3) is 0 Å². The molecular weight excluding hydrogens is 386 g/mol. The Kier molecular flexibility index (Phi) is 6.28. The summed E-state index contributed by atoms with van der Waals surface area (Å²) in [4.78, 5) is 2.34. The van der Waals surface area contributed by atoms with Crippen molar-refractivity contribution in [3.05, 3.63) is 124 Å². The van der Waals surface area contributed by atoms with Crippen molar-refractivity contribution in [2.75, 3.05) is 4.90 Å². The Balaban J connectivity index is 1.71. The molecule has 0 fully saturated rings. The average molecular weight is 418 g/mol. The van der Waals surface area contributed by atoms with Crippen molar-refractivity contribution in [1.29, 1.82) is 0 Å². The zero-order valence-corrected chi connectivity index (χ0v) is 19.7. The Bertz CT molecular complexity index is 1200. The number of hydrogen-bond donors (Lipinski definition) is 0. The van der Waals surface area contributed by atoms with Gasteiger partial charge in [0.05, 0.1) is 0 Å². The predicted molar refractivity (Wildman–Crippen MR) is 140 cm³/mol. The summed E-state index contributed by atoms with van der Waals surface area (Å²) in [6.07, 6.45) is 4.41. The van der Waals surface area contributed by atoms with E-state index in [1.807, 2.05) is 0 Å². The van der Waals surface area contributed by atoms with E-state index in [1.165, 1.54) is 56.0 Å². The lowest BCUT2D eigenvalue weighted by atomic mass is 10.0. The largest absolute Gasteiger partial charge is 0.310 e. The van der Waals surface area contributed by atoms with Crippen LogP contribution in [0, 0.1) is 34.6 Å². The summed E-state index contributed by atoms with van der Waals surface area (Å²) in [5.41, 5.74) is 12.4. The number of benzene rings is 4. The quantitative estimate of drug-likeness (QED) is 0.293. The molecule has 0 radical (unpaired) electrons. The van der Waals surface area contributed by atoms with E-state index in [4.69, 9.17) is 0 Å². The summed E-state index contributed by atoms with van der Waals surface area (Å²) < 4.78 is 0. The van der Waals surface area contributed by atoms with Crippen LogP contribution in [0.1, 0.15) is 38.9 Å². The molecule has 4 aromatic rings. The maximum atomic E-state index is 2.34. The second-order valence-electron chi connectivity index (χ2n) is 8.75. The van der Waals surface area contributed by atoms with E-state index >= 15 is 0 Å². The topological polar surface area (TPSA) is 3.24 Å². The summed E-state index contributed by atoms with van der Waals surface area (Å²) in [5, 5.41) is 0. The first kappa shape index (κ1) is 21.6. The maximum Gasteiger partial charge on any atom is 0.0491 e. The van der Waals surface area contributed by atoms with E-state index in [2.05, 4.69) is 137 Å². The van der Waals surface area contributed by atoms with E-state index in [9.17, 15) is 0 Å². The lowest BCUT2D eigenvalue weighted by Crippen LogP contribution is -2.11. The van der Waals surface area contributed by atoms with Crippen LogP contribution in [0.5, 0.6) is 0 Å². The minimum atomic E-state index is 1.17. The lowest BCUT2D eigenvalue weighted by molar-refractivity contribution is 1.24. The number of rotatable bonds is 5. The van der Waals surface area contributed by atoms with Crippen LogP contribution < -0.4 is 4.90 Å². The van der Waals surface area contributed by atoms with E-state index in [1.54, 1.807) is 0 Å². The molecule has 0 unspecified atom stereocenters. The molecule has 4 rings (SSSR count). The van der Waals surface area contributed by atoms with Crippen molar-refractivity contribution in [2.24, 2.45) is 0 Å². The Labute approximate surface area is 192 Å². The van der Waals surface area contributed by atoms with Gasteiger partial charge in [-0.1, -0.05) is 77.4 Å². The Hall–Kier alpha value is -3.58. The highest BCUT2D eigenvalue weighted by Gasteiger charge is 2.14. The molecule has 0 N–H and O–H groups in total. The molecule has 32 heavy (non-hydrogen) atoms. The maximum absolute atomic E-state index is 2.34. The third kappa shape index (κ3) is 4.84. The third-order valence-corrected chi connectivity index (χ3v) is 5.93. The summed E-state index contributed by atoms with van der Waals surface area (Å²) in [6, 6.07) is 30.8. The second-order valence-corrected chi connectivity index (χ2v) is 8.75. The highest BCUT2D eigenvalue weighted by molar-refractivity contribution is 5.80. The normalized spacial score (nSPS) is 11.2. The first-order valence-electron chi connectivity index (χ1n) is 11.2. The molecule has 4 aromatic carbocycles. The fourth-order valence-corrected chi connectivity index (χ4v) is 4.05. The summed E-state index contributed by atoms with van der Waals surface area (Å²) in [6.45, 7) is 10.8. The first-order valence-corrected chi connectivity index (χ1v) is 11.2. The summed E-state index contributed by atoms with van der Waals surface area (Å²) in [5.74, 6) is 0. The molecule has 0 saturated carbocycles. The molecule has 0 heterocycles. The van der Waals surface area contributed by atoms with Gasteiger partial charge in [0, 0.05) is 17.1 Å². The molecule has 1 heteroatoms. The minimum absolute atomic E-state index is 1.17. The smallest absolute Gasteiger partial charge is 0.0491 e. The van der Waals surface area contributed by atoms with Gasteiger partial charge in [-0.05, 0) is 93.3 Å². The van der Waals surface area contributed by atoms with Crippen LogP contribution >= 0.6 is 0 Å². The Morgan fingerprint density at radius 1 is 0.500 bits per heavy atom. The van der Waals surface area contributed by atoms with Gasteiger partial charge in [0.15, 0.2) is 0 Å². The third-order valence-electron chi connectivity index (χ3n) is 5.93. The second kappa shape index (κ2) is 9.28. The van der Waals surface area contributed by atoms with E-state index in [0.29, 0.717) is 0 Å². The zero-order valence-electron chi connectivity index (χ0n) is 19.7. The number of hydrogen-bond acceptors (Lipinski definition) is 1. The van der Waals surface area contributed by atoms with Crippen LogP contribution in [0.4, 0.5) is 17.1 Å². The van der Waals surface area contributed by atoms with Crippen molar-refractivity contribution < 1.29 is 0 Å². The molecule has 0 aromatic heterocycles. The highest BCUT2D eigenvalue weighted by atomic mass is 15.1. The summed E-state index contributed by atoms with van der Waals surface area (Å²) in [7, 11) is 0. The minimum Gasteiger partial charge on any atom is -0.310 e. The standard InChI is InChI=1S/C31H31N/c1-22-7-15-29(16-8-22)32(30-17-9-23(2)10-18-30)31-19-12-27(21-26(31)5)11-14-28-13-6-24(3)20-25(28)4/h6-21H,1-5H3. The van der Waals surface area contributed by atoms with Crippen molar-refractivity contribution in [3.8, 4) is 0 Å². The molecule has 0 amide bonds. The van der Waals surface area contributed by atoms with E-state index in [0.717, 1.165) is 0 Å². The van der Waals surface area contributed by atoms with Crippen molar-refractivity contribution in [1.82, 2.24) is 0 Å². The van der Waals surface area contributed by atoms with E-state index in [-0.39, 0.29) is 0 Å². The molecule has 1 nitrogen and oxygen atoms in total. The van der Waals surface area contributed by atoms with Gasteiger partial charge in [-0.2, -0.15) is 0 Å². The zero-order chi connectivity index (χ0) is 22.7. The van der Waals surface area contributed by atoms with Gasteiger partial charge in [-0.15, -0.1) is 0 Å². The molecule has 0 spiro atoms. The monoisotopic (exact) mass is 417 g/mol. The van der Waals surface area contributed by atoms with Crippen LogP contribution in [0.3, 0.4) is 0 Å². The van der Waals surface area contributed by atoms with Crippen LogP contribution in [0.25, 0.3) is 12.2 Å². The van der Waals surface area contributed by atoms with E-state index < -0.39 is 0 Å². The molecular formula is C31H31N. The fourth-order valence-electron chi connectivity index (χ4n) is 4.05. The number of aryl methyl sites for hydroxylation is 5. The molecule has 160 valence electrons. The average Bonchev–Trinajstić information content (AvgIpc) is 2.77. The molecule has 0 aliphatic rings. The molecule has 0 bridgehead atoms. The van der Waals surface area contributed by atoms with Crippen molar-refractivity contribution >= 4 is 29.2 Å². The molecule has 0 saturated heterocycles. The van der Waals surface area contributed by atoms with Crippen LogP contribution in [0.2, 0.25) is 0 Å². The van der Waals surface area contributed by atoms with Crippen LogP contribution in [-0.4, -0.2) is 0 Å². The first-order chi connectivity index (χ1) is 15.4. The molecule has 0 aliphatic heterocycles. The van der Waals surface area contributed by atoms with Gasteiger partial charge in [-0.25, -0.2) is 0 Å². The lowest BCUT2D eigenvalue weighted by Gasteiger charge is -2.27. The molecule has 0 atom stereocenters. The number of nitrogens with zero attached hydrogens (tertiary/aromatic N) is 1. The van der Waals surface area contributed by atoms with Crippen LogP contribution in [0.15, 0.2) is 84.9 Å². The SMILES string of the molecule is Cc1ccc(N(c2ccc(C)cc2)c2ccc(C=Cc3ccc(C)cc3C)cc2C)cc1. The fraction of sp³-hybridized carbons (Fsp3) is 0.161. The Morgan fingerprint density at radius 3 is 1.59 bits per heavy atom. The predicted octanol–water partition coefficient (Wildman–Crippen LogP) is 8.87. The highest BCUT2D eigenvalue weighted by Crippen LogP contribution is 2.37. The van der Waals surface area contributed by atoms with Crippen LogP contribution in [-0.2, 0) is 0 Å². The number of anilines is 3. The Morgan fingerprint density at radius 2 is 1.06 bits per heavy atom. The van der Waals surface area contributed by atoms with Gasteiger partial charge < -0.3 is 4.90 Å². The van der Waals surface area contributed by atoms with Gasteiger partial charge in [0.1, 0.15) is 0 Å².